The molecule has 4 aromatic rings. The molecule has 50 heavy (non-hydrogen) atoms. The van der Waals surface area contributed by atoms with Crippen molar-refractivity contribution >= 4 is 17.5 Å². The Bertz CT molecular complexity index is 1600. The van der Waals surface area contributed by atoms with Crippen LogP contribution in [0.3, 0.4) is 0 Å². The van der Waals surface area contributed by atoms with Crippen LogP contribution in [0.2, 0.25) is 0 Å². The van der Waals surface area contributed by atoms with Crippen molar-refractivity contribution in [2.45, 2.75) is 62.8 Å². The average molecular weight is 685 g/mol. The zero-order valence-electron chi connectivity index (χ0n) is 27.6. The maximum atomic E-state index is 14.7. The molecule has 0 radical (unpaired) electrons. The van der Waals surface area contributed by atoms with E-state index in [1.54, 1.807) is 9.80 Å². The molecule has 0 unspecified atom stereocenters. The van der Waals surface area contributed by atoms with E-state index in [0.29, 0.717) is 35.4 Å². The highest BCUT2D eigenvalue weighted by Gasteiger charge is 2.46. The van der Waals surface area contributed by atoms with Gasteiger partial charge in [-0.2, -0.15) is 0 Å². The number of amides is 2. The number of aliphatic hydroxyl groups is 2. The molecule has 0 bridgehead atoms. The molecule has 1 aliphatic rings. The number of nitrogens with zero attached hydrogens (tertiary/aromatic N) is 4. The molecule has 9 nitrogen and oxygen atoms in total. The summed E-state index contributed by atoms with van der Waals surface area (Å²) in [6.45, 7) is 0.321. The van der Waals surface area contributed by atoms with Crippen molar-refractivity contribution in [1.82, 2.24) is 9.80 Å². The molecule has 0 saturated carbocycles. The van der Waals surface area contributed by atoms with Crippen molar-refractivity contribution in [2.24, 2.45) is 10.3 Å². The van der Waals surface area contributed by atoms with Gasteiger partial charge in [0.1, 0.15) is 23.8 Å². The number of rotatable bonds is 14. The first-order valence-electron chi connectivity index (χ1n) is 16.7. The Balaban J connectivity index is 1.44. The van der Waals surface area contributed by atoms with Crippen LogP contribution in [0.4, 0.5) is 13.6 Å². The van der Waals surface area contributed by atoms with Crippen molar-refractivity contribution in [3.8, 4) is 0 Å². The van der Waals surface area contributed by atoms with Crippen LogP contribution in [-0.4, -0.2) is 85.3 Å². The van der Waals surface area contributed by atoms with Gasteiger partial charge in [-0.1, -0.05) is 95.2 Å². The number of hydrogen-bond donors (Lipinski definition) is 4. The molecular formula is C39H42F2N4O5. The minimum absolute atomic E-state index is 0.161. The number of urea groups is 1. The van der Waals surface area contributed by atoms with Crippen LogP contribution in [-0.2, 0) is 12.8 Å². The number of hydrogen-bond acceptors (Lipinski definition) is 7. The largest absolute Gasteiger partial charge is 0.411 e. The number of oxime groups is 2. The van der Waals surface area contributed by atoms with Crippen LogP contribution < -0.4 is 0 Å². The second-order valence-electron chi connectivity index (χ2n) is 12.5. The summed E-state index contributed by atoms with van der Waals surface area (Å²) in [5.41, 5.74) is 3.48. The van der Waals surface area contributed by atoms with Gasteiger partial charge in [0.2, 0.25) is 0 Å². The minimum atomic E-state index is -1.31. The van der Waals surface area contributed by atoms with E-state index in [9.17, 15) is 34.2 Å². The van der Waals surface area contributed by atoms with Crippen LogP contribution >= 0.6 is 0 Å². The summed E-state index contributed by atoms with van der Waals surface area (Å²) in [5.74, 6) is -0.838. The molecule has 1 heterocycles. The zero-order valence-corrected chi connectivity index (χ0v) is 27.6. The van der Waals surface area contributed by atoms with E-state index in [-0.39, 0.29) is 44.8 Å². The Labute approximate surface area is 290 Å². The van der Waals surface area contributed by atoms with Gasteiger partial charge in [-0.3, -0.25) is 0 Å². The summed E-state index contributed by atoms with van der Waals surface area (Å²) >= 11 is 0. The van der Waals surface area contributed by atoms with Gasteiger partial charge in [0, 0.05) is 13.1 Å². The number of halogens is 2. The molecule has 1 aliphatic heterocycles. The summed E-state index contributed by atoms with van der Waals surface area (Å²) < 4.78 is 27.1. The maximum Gasteiger partial charge on any atom is 0.320 e. The van der Waals surface area contributed by atoms with Gasteiger partial charge in [0.05, 0.1) is 23.5 Å². The standard InChI is InChI=1S/C39H42F2N4O5/c40-31-19-15-29(16-20-31)33(42-49)13-7-23-44-35(25-27-9-3-1-4-10-27)37(46)38(47)36(26-28-11-5-2-6-12-28)45(39(44)48)24-8-14-34(43-50)30-17-21-32(41)22-18-30/h1-6,9-12,15-22,35-38,46-47,49-50H,7-8,13-14,23-26H2/b42-33+,43-34+/t35-,36-,37+,38+/m1/s1. The maximum absolute atomic E-state index is 14.7. The minimum Gasteiger partial charge on any atom is -0.411 e. The van der Waals surface area contributed by atoms with Crippen molar-refractivity contribution in [3.05, 3.63) is 143 Å². The van der Waals surface area contributed by atoms with E-state index in [1.165, 1.54) is 48.5 Å². The van der Waals surface area contributed by atoms with Crippen molar-refractivity contribution < 1.29 is 34.2 Å². The van der Waals surface area contributed by atoms with Gasteiger partial charge in [0.25, 0.3) is 0 Å². The van der Waals surface area contributed by atoms with Crippen molar-refractivity contribution in [2.75, 3.05) is 13.1 Å². The van der Waals surface area contributed by atoms with E-state index in [4.69, 9.17) is 0 Å². The summed E-state index contributed by atoms with van der Waals surface area (Å²) in [7, 11) is 0. The van der Waals surface area contributed by atoms with Gasteiger partial charge in [-0.05, 0) is 85.0 Å². The summed E-state index contributed by atoms with van der Waals surface area (Å²) in [4.78, 5) is 17.9. The van der Waals surface area contributed by atoms with Crippen LogP contribution in [0, 0.1) is 11.6 Å². The third-order valence-electron chi connectivity index (χ3n) is 9.23. The molecule has 0 spiro atoms. The predicted molar refractivity (Wildman–Crippen MR) is 187 cm³/mol. The molecule has 11 heteroatoms. The van der Waals surface area contributed by atoms with Crippen molar-refractivity contribution in [3.63, 3.8) is 0 Å². The SMILES string of the molecule is O=C1N(CCC/C(=N\O)c2ccc(F)cc2)[C@H](Cc2ccccc2)[C@H](O)[C@@H](O)[C@@H](Cc2ccccc2)N1CCC/C(=N\O)c1ccc(F)cc1. The van der Waals surface area contributed by atoms with Gasteiger partial charge in [-0.15, -0.1) is 0 Å². The monoisotopic (exact) mass is 684 g/mol. The lowest BCUT2D eigenvalue weighted by molar-refractivity contribution is -0.0395. The lowest BCUT2D eigenvalue weighted by Gasteiger charge is -2.36. The van der Waals surface area contributed by atoms with E-state index in [2.05, 4.69) is 10.3 Å². The second kappa shape index (κ2) is 17.5. The van der Waals surface area contributed by atoms with Crippen molar-refractivity contribution in [1.29, 1.82) is 0 Å². The third-order valence-corrected chi connectivity index (χ3v) is 9.23. The molecular weight excluding hydrogens is 642 g/mol. The fourth-order valence-electron chi connectivity index (χ4n) is 6.59. The number of aliphatic hydroxyl groups excluding tert-OH is 2. The molecule has 1 fully saturated rings. The zero-order chi connectivity index (χ0) is 35.5. The molecule has 5 rings (SSSR count). The lowest BCUT2D eigenvalue weighted by Crippen LogP contribution is -2.51. The Kier molecular flexibility index (Phi) is 12.7. The fraction of sp³-hybridized carbons (Fsp3) is 0.308. The van der Waals surface area contributed by atoms with Crippen LogP contribution in [0.1, 0.15) is 47.9 Å². The van der Waals surface area contributed by atoms with Gasteiger partial charge >= 0.3 is 6.03 Å². The lowest BCUT2D eigenvalue weighted by atomic mass is 9.91. The number of carbonyl (C=O) groups is 1. The molecule has 4 atom stereocenters. The second-order valence-corrected chi connectivity index (χ2v) is 12.5. The Morgan fingerprint density at radius 3 is 1.28 bits per heavy atom. The normalized spacial score (nSPS) is 20.2. The summed E-state index contributed by atoms with van der Waals surface area (Å²) in [6.07, 6.45) is -0.860. The van der Waals surface area contributed by atoms with E-state index in [0.717, 1.165) is 11.1 Å². The summed E-state index contributed by atoms with van der Waals surface area (Å²) in [6, 6.07) is 28.1. The molecule has 0 aliphatic carbocycles. The number of benzene rings is 4. The molecule has 262 valence electrons. The molecule has 0 aromatic heterocycles. The highest BCUT2D eigenvalue weighted by Crippen LogP contribution is 2.28. The van der Waals surface area contributed by atoms with E-state index in [1.807, 2.05) is 60.7 Å². The smallest absolute Gasteiger partial charge is 0.320 e. The molecule has 4 N–H and O–H groups in total. The first kappa shape index (κ1) is 36.2. The van der Waals surface area contributed by atoms with E-state index >= 15 is 0 Å². The first-order valence-corrected chi connectivity index (χ1v) is 16.7. The Morgan fingerprint density at radius 1 is 0.580 bits per heavy atom. The predicted octanol–water partition coefficient (Wildman–Crippen LogP) is 6.26. The fourth-order valence-corrected chi connectivity index (χ4v) is 6.59. The quantitative estimate of drug-likeness (QED) is 0.0708. The van der Waals surface area contributed by atoms with Crippen LogP contribution in [0.25, 0.3) is 0 Å². The number of carbonyl (C=O) groups excluding carboxylic acids is 1. The Hall–Kier alpha value is -5.13. The average Bonchev–Trinajstić information content (AvgIpc) is 3.20. The first-order chi connectivity index (χ1) is 24.3. The van der Waals surface area contributed by atoms with Gasteiger partial charge in [0.15, 0.2) is 0 Å². The van der Waals surface area contributed by atoms with Gasteiger partial charge < -0.3 is 30.4 Å². The molecule has 4 aromatic carbocycles. The topological polar surface area (TPSA) is 129 Å². The van der Waals surface area contributed by atoms with E-state index < -0.39 is 35.9 Å². The molecule has 1 saturated heterocycles. The summed E-state index contributed by atoms with van der Waals surface area (Å²) in [5, 5.41) is 50.1. The van der Waals surface area contributed by atoms with Crippen LogP contribution in [0.15, 0.2) is 120 Å². The molecule has 2 amide bonds. The third kappa shape index (κ3) is 9.10. The Morgan fingerprint density at radius 2 is 0.940 bits per heavy atom. The van der Waals surface area contributed by atoms with Crippen LogP contribution in [0.5, 0.6) is 0 Å². The highest BCUT2D eigenvalue weighted by molar-refractivity contribution is 6.00. The highest BCUT2D eigenvalue weighted by atomic mass is 19.1. The van der Waals surface area contributed by atoms with Gasteiger partial charge in [-0.25, -0.2) is 13.6 Å².